The first-order valence-corrected chi connectivity index (χ1v) is 12.7. The van der Waals surface area contributed by atoms with Crippen LogP contribution in [-0.2, 0) is 13.0 Å². The van der Waals surface area contributed by atoms with Crippen molar-refractivity contribution in [1.82, 2.24) is 15.2 Å². The fraction of sp³-hybridized carbons (Fsp3) is 0.333. The molecule has 0 fully saturated rings. The molecule has 2 heterocycles. The molecule has 182 valence electrons. The Morgan fingerprint density at radius 2 is 1.66 bits per heavy atom. The van der Waals surface area contributed by atoms with Crippen molar-refractivity contribution in [3.63, 3.8) is 0 Å². The Bertz CT molecular complexity index is 1230. The van der Waals surface area contributed by atoms with Crippen LogP contribution in [0.1, 0.15) is 42.3 Å². The van der Waals surface area contributed by atoms with Crippen LogP contribution in [0.5, 0.6) is 11.5 Å². The normalized spacial score (nSPS) is 15.3. The highest BCUT2D eigenvalue weighted by atomic mass is 16.5. The molecule has 0 radical (unpaired) electrons. The summed E-state index contributed by atoms with van der Waals surface area (Å²) >= 11 is 0. The van der Waals surface area contributed by atoms with Crippen LogP contribution < -0.4 is 14.8 Å². The van der Waals surface area contributed by atoms with E-state index in [1.54, 1.807) is 0 Å². The van der Waals surface area contributed by atoms with Gasteiger partial charge in [-0.05, 0) is 66.5 Å². The summed E-state index contributed by atoms with van der Waals surface area (Å²) in [5.74, 6) is 1.83. The number of H-pyrrole nitrogens is 1. The predicted octanol–water partition coefficient (Wildman–Crippen LogP) is 5.70. The van der Waals surface area contributed by atoms with Gasteiger partial charge in [0.2, 0.25) is 0 Å². The van der Waals surface area contributed by atoms with Gasteiger partial charge in [0.15, 0.2) is 0 Å². The van der Waals surface area contributed by atoms with Crippen LogP contribution in [0.25, 0.3) is 10.9 Å². The third-order valence-electron chi connectivity index (χ3n) is 6.96. The van der Waals surface area contributed by atoms with E-state index < -0.39 is 0 Å². The first-order valence-electron chi connectivity index (χ1n) is 12.7. The molecule has 0 saturated carbocycles. The third-order valence-corrected chi connectivity index (χ3v) is 6.96. The Morgan fingerprint density at radius 3 is 2.43 bits per heavy atom. The van der Waals surface area contributed by atoms with Crippen molar-refractivity contribution in [2.75, 3.05) is 32.8 Å². The van der Waals surface area contributed by atoms with E-state index in [0.29, 0.717) is 13.2 Å². The van der Waals surface area contributed by atoms with Gasteiger partial charge in [-0.25, -0.2) is 0 Å². The highest BCUT2D eigenvalue weighted by Gasteiger charge is 2.25. The SMILES string of the molecule is CCN(CC)CCOc1ccc(C2NCCc3c2[nH]c2ccc(OCc4ccccc4)cc32)cc1. The van der Waals surface area contributed by atoms with Gasteiger partial charge < -0.3 is 24.7 Å². The van der Waals surface area contributed by atoms with Crippen LogP contribution in [0.2, 0.25) is 0 Å². The molecule has 1 aliphatic rings. The molecule has 0 bridgehead atoms. The van der Waals surface area contributed by atoms with Crippen molar-refractivity contribution < 1.29 is 9.47 Å². The maximum atomic E-state index is 6.10. The van der Waals surface area contributed by atoms with Gasteiger partial charge in [-0.1, -0.05) is 56.3 Å². The van der Waals surface area contributed by atoms with Gasteiger partial charge in [0, 0.05) is 29.7 Å². The Morgan fingerprint density at radius 1 is 0.886 bits per heavy atom. The standard InChI is InChI=1S/C30H35N3O2/c1-3-33(4-2)18-19-34-24-12-10-23(11-13-24)29-30-26(16-17-31-29)27-20-25(14-15-28(27)32-30)35-21-22-8-6-5-7-9-22/h5-15,20,29,31-32H,3-4,16-19,21H2,1-2H3. The molecule has 3 aromatic carbocycles. The molecule has 1 aliphatic heterocycles. The summed E-state index contributed by atoms with van der Waals surface area (Å²) in [5, 5.41) is 4.95. The first kappa shape index (κ1) is 23.5. The highest BCUT2D eigenvalue weighted by Crippen LogP contribution is 2.35. The summed E-state index contributed by atoms with van der Waals surface area (Å²) in [6.45, 7) is 9.67. The smallest absolute Gasteiger partial charge is 0.120 e. The average Bonchev–Trinajstić information content (AvgIpc) is 3.29. The van der Waals surface area contributed by atoms with Crippen LogP contribution in [0, 0.1) is 0 Å². The summed E-state index contributed by atoms with van der Waals surface area (Å²) in [7, 11) is 0. The number of nitrogens with one attached hydrogen (secondary N) is 2. The van der Waals surface area contributed by atoms with E-state index in [2.05, 4.69) is 83.6 Å². The summed E-state index contributed by atoms with van der Waals surface area (Å²) in [6.07, 6.45) is 1.00. The molecule has 2 N–H and O–H groups in total. The fourth-order valence-corrected chi connectivity index (χ4v) is 4.91. The van der Waals surface area contributed by atoms with E-state index in [1.807, 2.05) is 18.2 Å². The average molecular weight is 470 g/mol. The van der Waals surface area contributed by atoms with Crippen molar-refractivity contribution in [2.24, 2.45) is 0 Å². The summed E-state index contributed by atoms with van der Waals surface area (Å²) in [5.41, 5.74) is 6.21. The lowest BCUT2D eigenvalue weighted by Gasteiger charge is -2.25. The molecule has 4 aromatic rings. The van der Waals surface area contributed by atoms with E-state index in [0.717, 1.165) is 49.6 Å². The second kappa shape index (κ2) is 11.0. The summed E-state index contributed by atoms with van der Waals surface area (Å²) in [4.78, 5) is 6.06. The molecule has 5 rings (SSSR count). The topological polar surface area (TPSA) is 49.5 Å². The van der Waals surface area contributed by atoms with Gasteiger partial charge in [0.25, 0.3) is 0 Å². The molecule has 0 saturated heterocycles. The number of hydrogen-bond donors (Lipinski definition) is 2. The zero-order valence-corrected chi connectivity index (χ0v) is 20.7. The molecule has 1 unspecified atom stereocenters. The molecule has 0 amide bonds. The first-order chi connectivity index (χ1) is 17.2. The number of benzene rings is 3. The number of ether oxygens (including phenoxy) is 2. The molecule has 5 nitrogen and oxygen atoms in total. The lowest BCUT2D eigenvalue weighted by molar-refractivity contribution is 0.223. The van der Waals surface area contributed by atoms with E-state index in [1.165, 1.54) is 27.8 Å². The van der Waals surface area contributed by atoms with Crippen molar-refractivity contribution in [3.8, 4) is 11.5 Å². The van der Waals surface area contributed by atoms with E-state index in [-0.39, 0.29) is 6.04 Å². The lowest BCUT2D eigenvalue weighted by Crippen LogP contribution is -2.30. The Hall–Kier alpha value is -3.28. The summed E-state index contributed by atoms with van der Waals surface area (Å²) < 4.78 is 12.1. The van der Waals surface area contributed by atoms with E-state index in [4.69, 9.17) is 9.47 Å². The number of likely N-dealkylation sites (N-methyl/N-ethyl adjacent to an activating group) is 1. The quantitative estimate of drug-likeness (QED) is 0.313. The molecule has 1 atom stereocenters. The van der Waals surface area contributed by atoms with Crippen LogP contribution in [0.4, 0.5) is 0 Å². The Kier molecular flexibility index (Phi) is 7.36. The molecule has 1 aromatic heterocycles. The number of rotatable bonds is 10. The van der Waals surface area contributed by atoms with Crippen LogP contribution in [0.15, 0.2) is 72.8 Å². The third kappa shape index (κ3) is 5.37. The Labute approximate surface area is 208 Å². The maximum absolute atomic E-state index is 6.10. The number of hydrogen-bond acceptors (Lipinski definition) is 4. The van der Waals surface area contributed by atoms with Crippen LogP contribution in [-0.4, -0.2) is 42.7 Å². The summed E-state index contributed by atoms with van der Waals surface area (Å²) in [6, 6.07) is 25.4. The number of aromatic nitrogens is 1. The zero-order valence-electron chi connectivity index (χ0n) is 20.7. The van der Waals surface area contributed by atoms with Gasteiger partial charge in [0.05, 0.1) is 6.04 Å². The number of fused-ring (bicyclic) bond motifs is 3. The lowest BCUT2D eigenvalue weighted by atomic mass is 9.94. The number of aromatic amines is 1. The van der Waals surface area contributed by atoms with Gasteiger partial charge in [-0.2, -0.15) is 0 Å². The van der Waals surface area contributed by atoms with Crippen molar-refractivity contribution in [1.29, 1.82) is 0 Å². The minimum Gasteiger partial charge on any atom is -0.492 e. The minimum atomic E-state index is 0.143. The minimum absolute atomic E-state index is 0.143. The zero-order chi connectivity index (χ0) is 24.0. The highest BCUT2D eigenvalue weighted by molar-refractivity contribution is 5.86. The van der Waals surface area contributed by atoms with Crippen LogP contribution in [0.3, 0.4) is 0 Å². The van der Waals surface area contributed by atoms with Crippen molar-refractivity contribution in [3.05, 3.63) is 95.2 Å². The van der Waals surface area contributed by atoms with E-state index in [9.17, 15) is 0 Å². The van der Waals surface area contributed by atoms with Crippen LogP contribution >= 0.6 is 0 Å². The van der Waals surface area contributed by atoms with Crippen molar-refractivity contribution >= 4 is 10.9 Å². The van der Waals surface area contributed by atoms with Crippen molar-refractivity contribution in [2.45, 2.75) is 32.9 Å². The molecular weight excluding hydrogens is 434 g/mol. The molecule has 0 spiro atoms. The molecular formula is C30H35N3O2. The van der Waals surface area contributed by atoms with Gasteiger partial charge >= 0.3 is 0 Å². The Balaban J connectivity index is 1.30. The predicted molar refractivity (Wildman–Crippen MR) is 142 cm³/mol. The van der Waals surface area contributed by atoms with Gasteiger partial charge in [-0.15, -0.1) is 0 Å². The maximum Gasteiger partial charge on any atom is 0.120 e. The number of nitrogens with zero attached hydrogens (tertiary/aromatic N) is 1. The molecule has 35 heavy (non-hydrogen) atoms. The molecule has 5 heteroatoms. The fourth-order valence-electron chi connectivity index (χ4n) is 4.91. The largest absolute Gasteiger partial charge is 0.492 e. The van der Waals surface area contributed by atoms with Gasteiger partial charge in [-0.3, -0.25) is 0 Å². The van der Waals surface area contributed by atoms with E-state index >= 15 is 0 Å². The van der Waals surface area contributed by atoms with Gasteiger partial charge in [0.1, 0.15) is 24.7 Å². The molecule has 0 aliphatic carbocycles. The second-order valence-corrected chi connectivity index (χ2v) is 9.08. The monoisotopic (exact) mass is 469 g/mol. The second-order valence-electron chi connectivity index (χ2n) is 9.08.